The lowest BCUT2D eigenvalue weighted by atomic mass is 10.2. The van der Waals surface area contributed by atoms with E-state index < -0.39 is 0 Å². The zero-order valence-corrected chi connectivity index (χ0v) is 17.5. The second-order valence-corrected chi connectivity index (χ2v) is 7.83. The molecule has 2 aliphatic rings. The Bertz CT molecular complexity index is 900. The highest BCUT2D eigenvalue weighted by Gasteiger charge is 2.25. The average molecular weight is 418 g/mol. The summed E-state index contributed by atoms with van der Waals surface area (Å²) >= 11 is 5.38. The third kappa shape index (κ3) is 5.23. The summed E-state index contributed by atoms with van der Waals surface area (Å²) in [4.78, 5) is 16.8. The number of amides is 1. The monoisotopic (exact) mass is 417 g/mol. The molecule has 2 heterocycles. The van der Waals surface area contributed by atoms with Gasteiger partial charge in [0.1, 0.15) is 5.75 Å². The molecule has 0 unspecified atom stereocenters. The van der Waals surface area contributed by atoms with Crippen molar-refractivity contribution in [3.63, 3.8) is 0 Å². The Morgan fingerprint density at radius 2 is 1.97 bits per heavy atom. The SMILES string of the molecule is CCOc1ccccc1-c1nn(CN2CCN(CC(=O)NC3CC3)CC2)c(=S)o1. The molecule has 1 saturated heterocycles. The molecular formula is C20H27N5O3S. The Morgan fingerprint density at radius 1 is 1.24 bits per heavy atom. The van der Waals surface area contributed by atoms with E-state index in [-0.39, 0.29) is 5.91 Å². The maximum atomic E-state index is 12.0. The van der Waals surface area contributed by atoms with Crippen LogP contribution in [0.5, 0.6) is 5.75 Å². The van der Waals surface area contributed by atoms with E-state index in [0.717, 1.165) is 50.3 Å². The van der Waals surface area contributed by atoms with E-state index in [1.165, 1.54) is 0 Å². The lowest BCUT2D eigenvalue weighted by molar-refractivity contribution is -0.122. The van der Waals surface area contributed by atoms with Crippen molar-refractivity contribution in [2.75, 3.05) is 39.3 Å². The van der Waals surface area contributed by atoms with Crippen molar-refractivity contribution in [2.24, 2.45) is 0 Å². The molecule has 1 aromatic carbocycles. The van der Waals surface area contributed by atoms with Gasteiger partial charge in [-0.2, -0.15) is 0 Å². The molecule has 1 aromatic heterocycles. The second-order valence-electron chi connectivity index (χ2n) is 7.48. The number of nitrogens with one attached hydrogen (secondary N) is 1. The minimum absolute atomic E-state index is 0.136. The molecule has 0 radical (unpaired) electrons. The summed E-state index contributed by atoms with van der Waals surface area (Å²) in [5, 5.41) is 7.62. The number of carbonyl (C=O) groups is 1. The van der Waals surface area contributed by atoms with Crippen LogP contribution in [-0.4, -0.2) is 70.9 Å². The molecule has 1 aliphatic heterocycles. The number of para-hydroxylation sites is 1. The largest absolute Gasteiger partial charge is 0.493 e. The van der Waals surface area contributed by atoms with Crippen molar-refractivity contribution in [3.05, 3.63) is 29.1 Å². The first-order valence-electron chi connectivity index (χ1n) is 10.2. The van der Waals surface area contributed by atoms with Gasteiger partial charge in [-0.25, -0.2) is 4.68 Å². The van der Waals surface area contributed by atoms with Crippen LogP contribution in [-0.2, 0) is 11.5 Å². The van der Waals surface area contributed by atoms with Gasteiger partial charge in [0, 0.05) is 32.2 Å². The van der Waals surface area contributed by atoms with Gasteiger partial charge in [0.05, 0.1) is 25.4 Å². The predicted molar refractivity (Wildman–Crippen MR) is 111 cm³/mol. The first-order chi connectivity index (χ1) is 14.1. The van der Waals surface area contributed by atoms with Crippen LogP contribution in [0.15, 0.2) is 28.7 Å². The highest BCUT2D eigenvalue weighted by atomic mass is 32.1. The van der Waals surface area contributed by atoms with Crippen molar-refractivity contribution < 1.29 is 13.9 Å². The van der Waals surface area contributed by atoms with E-state index in [1.54, 1.807) is 4.68 Å². The van der Waals surface area contributed by atoms with Gasteiger partial charge in [-0.1, -0.05) is 12.1 Å². The Kier molecular flexibility index (Phi) is 6.27. The number of hydrogen-bond donors (Lipinski definition) is 1. The molecule has 1 N–H and O–H groups in total. The van der Waals surface area contributed by atoms with Gasteiger partial charge in [-0.3, -0.25) is 14.6 Å². The third-order valence-electron chi connectivity index (χ3n) is 5.13. The number of aromatic nitrogens is 2. The molecule has 2 aromatic rings. The topological polar surface area (TPSA) is 75.8 Å². The van der Waals surface area contributed by atoms with Gasteiger partial charge < -0.3 is 14.5 Å². The third-order valence-corrected chi connectivity index (χ3v) is 5.43. The van der Waals surface area contributed by atoms with E-state index >= 15 is 0 Å². The number of carbonyl (C=O) groups excluding carboxylic acids is 1. The minimum Gasteiger partial charge on any atom is -0.493 e. The molecule has 0 bridgehead atoms. The van der Waals surface area contributed by atoms with Crippen molar-refractivity contribution in [1.82, 2.24) is 24.9 Å². The summed E-state index contributed by atoms with van der Waals surface area (Å²) < 4.78 is 13.1. The van der Waals surface area contributed by atoms with Crippen LogP contribution in [0.25, 0.3) is 11.5 Å². The van der Waals surface area contributed by atoms with Crippen LogP contribution in [0.2, 0.25) is 0 Å². The first-order valence-corrected chi connectivity index (χ1v) is 10.6. The van der Waals surface area contributed by atoms with Crippen LogP contribution < -0.4 is 10.1 Å². The summed E-state index contributed by atoms with van der Waals surface area (Å²) in [7, 11) is 0. The zero-order chi connectivity index (χ0) is 20.2. The molecule has 0 spiro atoms. The standard InChI is InChI=1S/C20H27N5O3S/c1-2-27-17-6-4-3-5-16(17)19-22-25(20(29)28-19)14-24-11-9-23(10-12-24)13-18(26)21-15-7-8-15/h3-6,15H,2,7-14H2,1H3,(H,21,26). The van der Waals surface area contributed by atoms with Crippen LogP contribution in [0.3, 0.4) is 0 Å². The number of piperazine rings is 1. The molecule has 29 heavy (non-hydrogen) atoms. The molecule has 9 heteroatoms. The summed E-state index contributed by atoms with van der Waals surface area (Å²) in [5.41, 5.74) is 0.797. The smallest absolute Gasteiger partial charge is 0.288 e. The molecule has 156 valence electrons. The highest BCUT2D eigenvalue weighted by Crippen LogP contribution is 2.28. The van der Waals surface area contributed by atoms with Crippen molar-refractivity contribution in [3.8, 4) is 17.2 Å². The lowest BCUT2D eigenvalue weighted by Crippen LogP contribution is -2.49. The first kappa shape index (κ1) is 20.1. The summed E-state index contributed by atoms with van der Waals surface area (Å²) in [6.45, 7) is 6.98. The molecule has 2 fully saturated rings. The fourth-order valence-corrected chi connectivity index (χ4v) is 3.59. The maximum absolute atomic E-state index is 12.0. The van der Waals surface area contributed by atoms with Gasteiger partial charge in [-0.05, 0) is 44.1 Å². The lowest BCUT2D eigenvalue weighted by Gasteiger charge is -2.33. The minimum atomic E-state index is 0.136. The van der Waals surface area contributed by atoms with Crippen LogP contribution in [0, 0.1) is 4.84 Å². The molecule has 4 rings (SSSR count). The average Bonchev–Trinajstić information content (AvgIpc) is 3.45. The number of rotatable bonds is 8. The maximum Gasteiger partial charge on any atom is 0.288 e. The fraction of sp³-hybridized carbons (Fsp3) is 0.550. The Morgan fingerprint density at radius 3 is 2.69 bits per heavy atom. The van der Waals surface area contributed by atoms with E-state index in [1.807, 2.05) is 31.2 Å². The number of benzene rings is 1. The highest BCUT2D eigenvalue weighted by molar-refractivity contribution is 7.71. The fourth-order valence-electron chi connectivity index (χ4n) is 3.41. The van der Waals surface area contributed by atoms with E-state index in [9.17, 15) is 4.79 Å². The number of hydrogen-bond acceptors (Lipinski definition) is 7. The second kappa shape index (κ2) is 9.06. The van der Waals surface area contributed by atoms with Gasteiger partial charge in [0.15, 0.2) is 0 Å². The Balaban J connectivity index is 1.34. The summed E-state index contributed by atoms with van der Waals surface area (Å²) in [6.07, 6.45) is 2.24. The normalized spacial score (nSPS) is 18.0. The van der Waals surface area contributed by atoms with Crippen molar-refractivity contribution >= 4 is 18.1 Å². The van der Waals surface area contributed by atoms with Gasteiger partial charge in [0.2, 0.25) is 5.91 Å². The van der Waals surface area contributed by atoms with Crippen LogP contribution in [0.1, 0.15) is 19.8 Å². The molecule has 1 saturated carbocycles. The zero-order valence-electron chi connectivity index (χ0n) is 16.7. The number of nitrogens with zero attached hydrogens (tertiary/aromatic N) is 4. The summed E-state index contributed by atoms with van der Waals surface area (Å²) in [6, 6.07) is 8.08. The van der Waals surface area contributed by atoms with Gasteiger partial charge in [0.25, 0.3) is 10.7 Å². The van der Waals surface area contributed by atoms with Crippen molar-refractivity contribution in [2.45, 2.75) is 32.5 Å². The van der Waals surface area contributed by atoms with Crippen molar-refractivity contribution in [1.29, 1.82) is 0 Å². The van der Waals surface area contributed by atoms with Crippen LogP contribution in [0.4, 0.5) is 0 Å². The Hall–Kier alpha value is -2.23. The Labute approximate surface area is 175 Å². The molecule has 0 atom stereocenters. The predicted octanol–water partition coefficient (Wildman–Crippen LogP) is 2.12. The molecule has 1 aliphatic carbocycles. The van der Waals surface area contributed by atoms with Gasteiger partial charge in [-0.15, -0.1) is 5.10 Å². The molecule has 8 nitrogen and oxygen atoms in total. The van der Waals surface area contributed by atoms with Gasteiger partial charge >= 0.3 is 0 Å². The summed E-state index contributed by atoms with van der Waals surface area (Å²) in [5.74, 6) is 1.34. The van der Waals surface area contributed by atoms with E-state index in [2.05, 4.69) is 20.2 Å². The molecular weight excluding hydrogens is 390 g/mol. The quantitative estimate of drug-likeness (QED) is 0.660. The van der Waals surface area contributed by atoms with E-state index in [0.29, 0.717) is 36.6 Å². The van der Waals surface area contributed by atoms with E-state index in [4.69, 9.17) is 21.4 Å². The molecule has 1 amide bonds. The van der Waals surface area contributed by atoms with Crippen LogP contribution >= 0.6 is 12.2 Å². The number of ether oxygens (including phenoxy) is 1.